The van der Waals surface area contributed by atoms with Gasteiger partial charge in [0, 0.05) is 0 Å². The van der Waals surface area contributed by atoms with Crippen LogP contribution in [-0.2, 0) is 4.79 Å². The van der Waals surface area contributed by atoms with Crippen LogP contribution in [0.5, 0.6) is 5.75 Å². The van der Waals surface area contributed by atoms with Crippen LogP contribution in [0.1, 0.15) is 25.7 Å². The highest BCUT2D eigenvalue weighted by Crippen LogP contribution is 2.39. The standard InChI is InChI=1S/C16H20ClN5O.CH2O2/c17-13-2-1-3-14(15(13)16-19-21-22-20-16)23-12-5-4-11-9-18-7-6-10(11)8-12;2-1-3/h1-3,10-12,18H,4-9H2,(H,19,20,21,22);1H,(H,2,3)/t10-,11-,12?;/m0./s1. The van der Waals surface area contributed by atoms with E-state index in [-0.39, 0.29) is 12.6 Å². The number of ether oxygens (including phenoxy) is 1. The zero-order valence-electron chi connectivity index (χ0n) is 14.3. The van der Waals surface area contributed by atoms with Crippen molar-refractivity contribution in [3.05, 3.63) is 23.2 Å². The van der Waals surface area contributed by atoms with Gasteiger partial charge in [0.25, 0.3) is 6.47 Å². The van der Waals surface area contributed by atoms with Crippen LogP contribution in [0.4, 0.5) is 0 Å². The molecule has 2 aliphatic rings. The largest absolute Gasteiger partial charge is 0.490 e. The summed E-state index contributed by atoms with van der Waals surface area (Å²) >= 11 is 6.34. The van der Waals surface area contributed by atoms with Gasteiger partial charge in [-0.1, -0.05) is 17.7 Å². The van der Waals surface area contributed by atoms with E-state index in [1.807, 2.05) is 18.2 Å². The van der Waals surface area contributed by atoms with Crippen LogP contribution in [0, 0.1) is 11.8 Å². The van der Waals surface area contributed by atoms with Gasteiger partial charge in [-0.05, 0) is 68.0 Å². The number of aromatic nitrogens is 4. The molecule has 26 heavy (non-hydrogen) atoms. The van der Waals surface area contributed by atoms with E-state index in [9.17, 15) is 0 Å². The lowest BCUT2D eigenvalue weighted by molar-refractivity contribution is -0.122. The van der Waals surface area contributed by atoms with Crippen molar-refractivity contribution >= 4 is 18.1 Å². The van der Waals surface area contributed by atoms with Crippen LogP contribution in [-0.4, -0.2) is 51.4 Å². The smallest absolute Gasteiger partial charge is 0.290 e. The predicted octanol–water partition coefficient (Wildman–Crippen LogP) is 2.38. The number of aromatic amines is 1. The maximum atomic E-state index is 8.36. The molecule has 1 aromatic heterocycles. The van der Waals surface area contributed by atoms with Gasteiger partial charge < -0.3 is 15.2 Å². The molecule has 1 aromatic carbocycles. The maximum Gasteiger partial charge on any atom is 0.290 e. The van der Waals surface area contributed by atoms with Crippen LogP contribution in [0.3, 0.4) is 0 Å². The third-order valence-corrected chi connectivity index (χ3v) is 5.34. The van der Waals surface area contributed by atoms with Gasteiger partial charge in [0.2, 0.25) is 5.82 Å². The number of halogens is 1. The van der Waals surface area contributed by atoms with E-state index in [1.165, 1.54) is 12.8 Å². The molecule has 2 fully saturated rings. The second-order valence-electron chi connectivity index (χ2n) is 6.52. The molecule has 1 aliphatic heterocycles. The average Bonchev–Trinajstić information content (AvgIpc) is 3.17. The molecule has 1 aliphatic carbocycles. The number of carboxylic acid groups (broad SMARTS) is 1. The van der Waals surface area contributed by atoms with Gasteiger partial charge in [-0.2, -0.15) is 5.21 Å². The minimum atomic E-state index is -0.250. The number of tetrazole rings is 1. The topological polar surface area (TPSA) is 113 Å². The number of fused-ring (bicyclic) bond motifs is 1. The molecule has 1 saturated heterocycles. The van der Waals surface area contributed by atoms with Crippen molar-refractivity contribution in [1.82, 2.24) is 25.9 Å². The lowest BCUT2D eigenvalue weighted by Crippen LogP contribution is -2.42. The Labute approximate surface area is 156 Å². The molecule has 1 unspecified atom stereocenters. The molecule has 0 radical (unpaired) electrons. The summed E-state index contributed by atoms with van der Waals surface area (Å²) in [6.07, 6.45) is 4.91. The van der Waals surface area contributed by atoms with Crippen LogP contribution >= 0.6 is 11.6 Å². The molecule has 0 amide bonds. The number of hydrogen-bond donors (Lipinski definition) is 3. The van der Waals surface area contributed by atoms with Crippen LogP contribution in [0.25, 0.3) is 11.4 Å². The van der Waals surface area contributed by atoms with E-state index in [0.717, 1.165) is 49.1 Å². The molecule has 2 heterocycles. The average molecular weight is 380 g/mol. The highest BCUT2D eigenvalue weighted by atomic mass is 35.5. The second-order valence-corrected chi connectivity index (χ2v) is 6.93. The Morgan fingerprint density at radius 1 is 1.27 bits per heavy atom. The van der Waals surface area contributed by atoms with E-state index < -0.39 is 0 Å². The van der Waals surface area contributed by atoms with Gasteiger partial charge in [-0.3, -0.25) is 4.79 Å². The van der Waals surface area contributed by atoms with E-state index in [4.69, 9.17) is 26.2 Å². The van der Waals surface area contributed by atoms with Gasteiger partial charge in [-0.15, -0.1) is 10.2 Å². The van der Waals surface area contributed by atoms with E-state index in [1.54, 1.807) is 0 Å². The lowest BCUT2D eigenvalue weighted by atomic mass is 9.74. The summed E-state index contributed by atoms with van der Waals surface area (Å²) in [5.74, 6) is 2.79. The summed E-state index contributed by atoms with van der Waals surface area (Å²) in [5.41, 5.74) is 0.718. The third kappa shape index (κ3) is 4.31. The predicted molar refractivity (Wildman–Crippen MR) is 96.1 cm³/mol. The zero-order valence-corrected chi connectivity index (χ0v) is 15.0. The molecule has 0 spiro atoms. The fourth-order valence-electron chi connectivity index (χ4n) is 3.85. The molecule has 140 valence electrons. The van der Waals surface area contributed by atoms with Gasteiger partial charge in [0.15, 0.2) is 0 Å². The van der Waals surface area contributed by atoms with Crippen molar-refractivity contribution in [2.45, 2.75) is 31.8 Å². The third-order valence-electron chi connectivity index (χ3n) is 5.03. The highest BCUT2D eigenvalue weighted by molar-refractivity contribution is 6.33. The molecule has 0 bridgehead atoms. The minimum absolute atomic E-state index is 0.235. The first-order valence-corrected chi connectivity index (χ1v) is 9.08. The van der Waals surface area contributed by atoms with Gasteiger partial charge >= 0.3 is 0 Å². The SMILES string of the molecule is Clc1cccc(OC2CC[C@H]3CNCC[C@H]3C2)c1-c1nn[nH]n1.O=CO. The fourth-order valence-corrected chi connectivity index (χ4v) is 4.11. The zero-order chi connectivity index (χ0) is 18.4. The van der Waals surface area contributed by atoms with Crippen LogP contribution < -0.4 is 10.1 Å². The number of piperidine rings is 1. The number of benzene rings is 1. The normalized spacial score (nSPS) is 24.7. The Kier molecular flexibility index (Phi) is 6.40. The lowest BCUT2D eigenvalue weighted by Gasteiger charge is -2.39. The Morgan fingerprint density at radius 3 is 2.88 bits per heavy atom. The number of rotatable bonds is 3. The Bertz CT molecular complexity index is 712. The van der Waals surface area contributed by atoms with Crippen molar-refractivity contribution in [2.75, 3.05) is 13.1 Å². The molecular weight excluding hydrogens is 358 g/mol. The number of nitrogens with zero attached hydrogens (tertiary/aromatic N) is 3. The number of H-pyrrole nitrogens is 1. The van der Waals surface area contributed by atoms with Crippen LogP contribution in [0.2, 0.25) is 5.02 Å². The van der Waals surface area contributed by atoms with Crippen molar-refractivity contribution in [3.8, 4) is 17.1 Å². The molecule has 3 N–H and O–H groups in total. The first-order chi connectivity index (χ1) is 12.7. The number of carbonyl (C=O) groups is 1. The molecular formula is C17H22ClN5O3. The van der Waals surface area contributed by atoms with E-state index in [2.05, 4.69) is 25.9 Å². The number of hydrogen-bond acceptors (Lipinski definition) is 6. The van der Waals surface area contributed by atoms with Gasteiger partial charge in [-0.25, -0.2) is 0 Å². The summed E-state index contributed by atoms with van der Waals surface area (Å²) in [5, 5.41) is 25.2. The molecule has 3 atom stereocenters. The monoisotopic (exact) mass is 379 g/mol. The maximum absolute atomic E-state index is 8.36. The van der Waals surface area contributed by atoms with Crippen molar-refractivity contribution in [1.29, 1.82) is 0 Å². The summed E-state index contributed by atoms with van der Waals surface area (Å²) in [4.78, 5) is 8.36. The first kappa shape index (κ1) is 18.6. The van der Waals surface area contributed by atoms with Gasteiger partial charge in [0.05, 0.1) is 16.7 Å². The molecule has 9 heteroatoms. The van der Waals surface area contributed by atoms with Gasteiger partial charge in [0.1, 0.15) is 5.75 Å². The van der Waals surface area contributed by atoms with Crippen molar-refractivity contribution in [2.24, 2.45) is 11.8 Å². The summed E-state index contributed by atoms with van der Waals surface area (Å²) in [6.45, 7) is 2.03. The summed E-state index contributed by atoms with van der Waals surface area (Å²) in [7, 11) is 0. The van der Waals surface area contributed by atoms with E-state index in [0.29, 0.717) is 10.8 Å². The number of nitrogens with one attached hydrogen (secondary N) is 2. The Balaban J connectivity index is 0.000000613. The molecule has 1 saturated carbocycles. The quantitative estimate of drug-likeness (QED) is 0.701. The van der Waals surface area contributed by atoms with E-state index >= 15 is 0 Å². The second kappa shape index (κ2) is 8.95. The molecule has 4 rings (SSSR count). The summed E-state index contributed by atoms with van der Waals surface area (Å²) in [6, 6.07) is 5.66. The fraction of sp³-hybridized carbons (Fsp3) is 0.529. The first-order valence-electron chi connectivity index (χ1n) is 8.70. The molecule has 2 aromatic rings. The highest BCUT2D eigenvalue weighted by Gasteiger charge is 2.33. The Hall–Kier alpha value is -2.19. The van der Waals surface area contributed by atoms with Crippen LogP contribution in [0.15, 0.2) is 18.2 Å². The molecule has 8 nitrogen and oxygen atoms in total. The van der Waals surface area contributed by atoms with Crippen molar-refractivity contribution in [3.63, 3.8) is 0 Å². The minimum Gasteiger partial charge on any atom is -0.490 e. The van der Waals surface area contributed by atoms with Crippen molar-refractivity contribution < 1.29 is 14.6 Å². The summed E-state index contributed by atoms with van der Waals surface area (Å²) < 4.78 is 6.31. The Morgan fingerprint density at radius 2 is 2.12 bits per heavy atom.